The first-order chi connectivity index (χ1) is 18.8. The number of halogens is 2. The smallest absolute Gasteiger partial charge is 0.267 e. The van der Waals surface area contributed by atoms with Gasteiger partial charge in [-0.2, -0.15) is 14.4 Å². The zero-order valence-electron chi connectivity index (χ0n) is 21.1. The van der Waals surface area contributed by atoms with Gasteiger partial charge >= 0.3 is 0 Å². The maximum absolute atomic E-state index is 13.7. The van der Waals surface area contributed by atoms with Crippen LogP contribution in [0.15, 0.2) is 81.2 Å². The second-order valence-electron chi connectivity index (χ2n) is 9.22. The molecule has 0 radical (unpaired) electrons. The molecule has 1 aromatic heterocycles. The molecule has 202 valence electrons. The number of fused-ring (bicyclic) bond motifs is 1. The number of amides is 1. The summed E-state index contributed by atoms with van der Waals surface area (Å²) < 4.78 is 43.4. The SMILES string of the molecule is CCC1CCCCN1S(=O)(=O)c1ccc(C(=O)N(/N=C/c2ccc(F)cc2)c2nc3ccc(Br)cc3s2)cc1. The molecule has 0 aliphatic carbocycles. The van der Waals surface area contributed by atoms with Crippen molar-refractivity contribution in [3.05, 3.63) is 88.1 Å². The highest BCUT2D eigenvalue weighted by Crippen LogP contribution is 2.32. The van der Waals surface area contributed by atoms with Crippen LogP contribution in [0, 0.1) is 5.82 Å². The molecule has 0 bridgehead atoms. The summed E-state index contributed by atoms with van der Waals surface area (Å²) in [5.41, 5.74) is 1.57. The van der Waals surface area contributed by atoms with Crippen LogP contribution in [-0.4, -0.2) is 42.4 Å². The van der Waals surface area contributed by atoms with Crippen molar-refractivity contribution in [1.29, 1.82) is 0 Å². The minimum atomic E-state index is -3.68. The molecule has 4 aromatic rings. The Kier molecular flexibility index (Phi) is 8.22. The molecule has 5 rings (SSSR count). The quantitative estimate of drug-likeness (QED) is 0.166. The molecule has 1 unspecified atom stereocenters. The summed E-state index contributed by atoms with van der Waals surface area (Å²) in [5.74, 6) is -0.846. The lowest BCUT2D eigenvalue weighted by Gasteiger charge is -2.34. The number of thiazole rings is 1. The van der Waals surface area contributed by atoms with E-state index in [2.05, 4.69) is 26.0 Å². The van der Waals surface area contributed by atoms with E-state index in [1.54, 1.807) is 16.4 Å². The van der Waals surface area contributed by atoms with Gasteiger partial charge in [-0.3, -0.25) is 4.79 Å². The van der Waals surface area contributed by atoms with Crippen LogP contribution in [0.2, 0.25) is 0 Å². The maximum Gasteiger partial charge on any atom is 0.280 e. The highest BCUT2D eigenvalue weighted by atomic mass is 79.9. The van der Waals surface area contributed by atoms with Gasteiger partial charge in [0.1, 0.15) is 5.82 Å². The lowest BCUT2D eigenvalue weighted by Crippen LogP contribution is -2.43. The predicted octanol–water partition coefficient (Wildman–Crippen LogP) is 6.83. The Morgan fingerprint density at radius 1 is 1.15 bits per heavy atom. The van der Waals surface area contributed by atoms with Gasteiger partial charge in [0, 0.05) is 22.6 Å². The lowest BCUT2D eigenvalue weighted by molar-refractivity contribution is 0.0987. The van der Waals surface area contributed by atoms with Crippen molar-refractivity contribution in [1.82, 2.24) is 9.29 Å². The zero-order chi connectivity index (χ0) is 27.6. The van der Waals surface area contributed by atoms with E-state index in [1.165, 1.54) is 59.0 Å². The van der Waals surface area contributed by atoms with Crippen molar-refractivity contribution in [2.45, 2.75) is 43.5 Å². The topological polar surface area (TPSA) is 82.9 Å². The van der Waals surface area contributed by atoms with Crippen molar-refractivity contribution in [2.75, 3.05) is 11.6 Å². The Morgan fingerprint density at radius 2 is 1.90 bits per heavy atom. The summed E-state index contributed by atoms with van der Waals surface area (Å²) >= 11 is 4.75. The van der Waals surface area contributed by atoms with E-state index in [-0.39, 0.29) is 22.3 Å². The van der Waals surface area contributed by atoms with Gasteiger partial charge in [0.15, 0.2) is 0 Å². The molecule has 1 atom stereocenters. The molecule has 1 saturated heterocycles. The van der Waals surface area contributed by atoms with Crippen molar-refractivity contribution in [3.63, 3.8) is 0 Å². The molecule has 0 saturated carbocycles. The largest absolute Gasteiger partial charge is 0.280 e. The minimum absolute atomic E-state index is 0.0135. The summed E-state index contributed by atoms with van der Waals surface area (Å²) in [5, 5.41) is 5.93. The number of aromatic nitrogens is 1. The van der Waals surface area contributed by atoms with Gasteiger partial charge < -0.3 is 0 Å². The van der Waals surface area contributed by atoms with Gasteiger partial charge in [0.2, 0.25) is 15.2 Å². The number of anilines is 1. The molecule has 0 spiro atoms. The summed E-state index contributed by atoms with van der Waals surface area (Å²) in [4.78, 5) is 18.4. The standard InChI is InChI=1S/C28H26BrFN4O3S2/c1-2-23-5-3-4-16-33(23)39(36,37)24-13-8-20(9-14-24)27(35)34(31-18-19-6-11-22(30)12-7-19)28-32-25-15-10-21(29)17-26(25)38-28/h6-15,17-18,23H,2-5,16H2,1H3/b31-18+. The highest BCUT2D eigenvalue weighted by Gasteiger charge is 2.32. The van der Waals surface area contributed by atoms with Gasteiger partial charge in [-0.1, -0.05) is 52.7 Å². The molecular weight excluding hydrogens is 603 g/mol. The van der Waals surface area contributed by atoms with Crippen LogP contribution in [0.25, 0.3) is 10.2 Å². The van der Waals surface area contributed by atoms with E-state index in [0.29, 0.717) is 22.8 Å². The third-order valence-corrected chi connectivity index (χ3v) is 10.1. The molecule has 1 aliphatic heterocycles. The summed E-state index contributed by atoms with van der Waals surface area (Å²) in [7, 11) is -3.68. The normalized spacial score (nSPS) is 16.6. The Hall–Kier alpha value is -2.99. The van der Waals surface area contributed by atoms with E-state index < -0.39 is 15.9 Å². The van der Waals surface area contributed by atoms with Crippen LogP contribution >= 0.6 is 27.3 Å². The number of sulfonamides is 1. The van der Waals surface area contributed by atoms with Gasteiger partial charge in [0.05, 0.1) is 21.3 Å². The molecule has 2 heterocycles. The molecule has 11 heteroatoms. The summed E-state index contributed by atoms with van der Waals surface area (Å²) in [6.45, 7) is 2.50. The number of rotatable bonds is 7. The van der Waals surface area contributed by atoms with Crippen LogP contribution in [0.3, 0.4) is 0 Å². The minimum Gasteiger partial charge on any atom is -0.267 e. The van der Waals surface area contributed by atoms with Crippen molar-refractivity contribution >= 4 is 64.8 Å². The van der Waals surface area contributed by atoms with Crippen LogP contribution in [0.4, 0.5) is 9.52 Å². The van der Waals surface area contributed by atoms with Crippen LogP contribution in [-0.2, 0) is 10.0 Å². The fraction of sp³-hybridized carbons (Fsp3) is 0.250. The van der Waals surface area contributed by atoms with E-state index in [4.69, 9.17) is 0 Å². The molecule has 1 amide bonds. The number of benzene rings is 3. The first kappa shape index (κ1) is 27.6. The molecular formula is C28H26BrFN4O3S2. The highest BCUT2D eigenvalue weighted by molar-refractivity contribution is 9.10. The summed E-state index contributed by atoms with van der Waals surface area (Å²) in [6, 6.07) is 17.3. The Bertz CT molecular complexity index is 1620. The number of nitrogens with zero attached hydrogens (tertiary/aromatic N) is 4. The van der Waals surface area contributed by atoms with Gasteiger partial charge in [-0.05, 0) is 79.4 Å². The third-order valence-electron chi connectivity index (χ3n) is 6.66. The average Bonchev–Trinajstić information content (AvgIpc) is 3.36. The Labute approximate surface area is 239 Å². The number of hydrazone groups is 1. The van der Waals surface area contributed by atoms with Crippen molar-refractivity contribution in [2.24, 2.45) is 5.10 Å². The Balaban J connectivity index is 1.47. The number of carbonyl (C=O) groups is 1. The van der Waals surface area contributed by atoms with E-state index in [0.717, 1.165) is 34.9 Å². The number of hydrogen-bond acceptors (Lipinski definition) is 6. The molecule has 39 heavy (non-hydrogen) atoms. The first-order valence-electron chi connectivity index (χ1n) is 12.6. The summed E-state index contributed by atoms with van der Waals surface area (Å²) in [6.07, 6.45) is 4.93. The fourth-order valence-corrected chi connectivity index (χ4v) is 7.81. The van der Waals surface area contributed by atoms with E-state index in [1.807, 2.05) is 25.1 Å². The van der Waals surface area contributed by atoms with Crippen LogP contribution in [0.1, 0.15) is 48.5 Å². The molecule has 1 fully saturated rings. The number of piperidine rings is 1. The second kappa shape index (κ2) is 11.6. The first-order valence-corrected chi connectivity index (χ1v) is 15.6. The van der Waals surface area contributed by atoms with Gasteiger partial charge in [-0.15, -0.1) is 0 Å². The number of hydrogen-bond donors (Lipinski definition) is 0. The molecule has 7 nitrogen and oxygen atoms in total. The zero-order valence-corrected chi connectivity index (χ0v) is 24.3. The van der Waals surface area contributed by atoms with Gasteiger partial charge in [-0.25, -0.2) is 17.8 Å². The number of carbonyl (C=O) groups excluding carboxylic acids is 1. The van der Waals surface area contributed by atoms with E-state index >= 15 is 0 Å². The third kappa shape index (κ3) is 5.96. The lowest BCUT2D eigenvalue weighted by atomic mass is 10.0. The predicted molar refractivity (Wildman–Crippen MR) is 156 cm³/mol. The maximum atomic E-state index is 13.7. The van der Waals surface area contributed by atoms with Crippen LogP contribution in [0.5, 0.6) is 0 Å². The monoisotopic (exact) mass is 628 g/mol. The van der Waals surface area contributed by atoms with Crippen molar-refractivity contribution in [3.8, 4) is 0 Å². The van der Waals surface area contributed by atoms with Crippen LogP contribution < -0.4 is 5.01 Å². The molecule has 3 aromatic carbocycles. The average molecular weight is 630 g/mol. The fourth-order valence-electron chi connectivity index (χ4n) is 4.56. The van der Waals surface area contributed by atoms with Crippen molar-refractivity contribution < 1.29 is 17.6 Å². The Morgan fingerprint density at radius 3 is 2.62 bits per heavy atom. The second-order valence-corrected chi connectivity index (χ2v) is 13.0. The molecule has 1 aliphatic rings. The molecule has 0 N–H and O–H groups in total. The van der Waals surface area contributed by atoms with Gasteiger partial charge in [0.25, 0.3) is 5.91 Å². The van der Waals surface area contributed by atoms with E-state index in [9.17, 15) is 17.6 Å².